The number of rotatable bonds is 8. The molecule has 11 aromatic rings. The van der Waals surface area contributed by atoms with Crippen LogP contribution in [0.2, 0.25) is 0 Å². The quantitative estimate of drug-likeness (QED) is 0.152. The van der Waals surface area contributed by atoms with Crippen molar-refractivity contribution in [2.24, 2.45) is 0 Å². The number of aromatic nitrogens is 2. The van der Waals surface area contributed by atoms with Crippen LogP contribution >= 0.6 is 0 Å². The first-order valence-electron chi connectivity index (χ1n) is 20.6. The summed E-state index contributed by atoms with van der Waals surface area (Å²) >= 11 is 0. The normalized spacial score (nSPS) is 12.8. The van der Waals surface area contributed by atoms with Gasteiger partial charge in [-0.15, -0.1) is 0 Å². The summed E-state index contributed by atoms with van der Waals surface area (Å²) in [6, 6.07) is 66.6. The number of fused-ring (bicyclic) bond motifs is 9. The van der Waals surface area contributed by atoms with Crippen LogP contribution in [0.5, 0.6) is 0 Å². The Bertz CT molecular complexity index is 3320. The molecule has 3 aromatic heterocycles. The van der Waals surface area contributed by atoms with E-state index in [2.05, 4.69) is 206 Å². The van der Waals surface area contributed by atoms with Gasteiger partial charge in [-0.3, -0.25) is 0 Å². The third-order valence-corrected chi connectivity index (χ3v) is 12.8. The highest BCUT2D eigenvalue weighted by Gasteiger charge is 2.24. The van der Waals surface area contributed by atoms with Crippen molar-refractivity contribution in [2.75, 3.05) is 0 Å². The lowest BCUT2D eigenvalue weighted by molar-refractivity contribution is 0.440. The second kappa shape index (κ2) is 13.4. The van der Waals surface area contributed by atoms with Crippen LogP contribution in [0.1, 0.15) is 50.7 Å². The molecule has 0 amide bonds. The molecule has 0 N–H and O–H groups in total. The molecule has 280 valence electrons. The van der Waals surface area contributed by atoms with E-state index in [9.17, 15) is 0 Å². The Morgan fingerprint density at radius 2 is 0.966 bits per heavy atom. The molecule has 1 atom stereocenters. The highest BCUT2D eigenvalue weighted by molar-refractivity contribution is 6.13. The lowest BCUT2D eigenvalue weighted by atomic mass is 9.77. The third-order valence-electron chi connectivity index (χ3n) is 12.8. The molecule has 1 unspecified atom stereocenters. The SMILES string of the molecule is CC(CCC(C)(C)c1ccc2c(c1)c1cc(-c3ccc4c(c3)c3ccccc3n4-c3ccccc3)ccc1n2-c1ccccc1)c1ccc2oc3ccccc3c2c1. The zero-order valence-corrected chi connectivity index (χ0v) is 33.1. The predicted molar refractivity (Wildman–Crippen MR) is 245 cm³/mol. The summed E-state index contributed by atoms with van der Waals surface area (Å²) in [5.74, 6) is 0.419. The molecule has 3 heteroatoms. The Morgan fingerprint density at radius 3 is 1.64 bits per heavy atom. The first kappa shape index (κ1) is 34.4. The van der Waals surface area contributed by atoms with Crippen molar-refractivity contribution < 1.29 is 4.42 Å². The molecule has 3 nitrogen and oxygen atoms in total. The number of furan rings is 1. The summed E-state index contributed by atoms with van der Waals surface area (Å²) in [5.41, 5.74) is 14.3. The molecule has 0 aliphatic heterocycles. The highest BCUT2D eigenvalue weighted by Crippen LogP contribution is 2.41. The summed E-state index contributed by atoms with van der Waals surface area (Å²) in [5, 5.41) is 7.49. The fraction of sp³-hybridized carbons (Fsp3) is 0.127. The topological polar surface area (TPSA) is 23.0 Å². The summed E-state index contributed by atoms with van der Waals surface area (Å²) in [6.07, 6.45) is 2.16. The molecule has 0 aliphatic carbocycles. The van der Waals surface area contributed by atoms with Crippen molar-refractivity contribution in [1.29, 1.82) is 0 Å². The Kier molecular flexibility index (Phi) is 7.94. The monoisotopic (exact) mass is 748 g/mol. The standard InChI is InChI=1S/C55H44N2O/c1-36(37-24-29-54-48(32-37)44-19-11-13-21-53(44)58-54)30-31-55(2,3)40-25-28-52-47(35-40)46-34-39(23-27-51(46)57(52)42-16-8-5-9-17-42)38-22-26-50-45(33-38)43-18-10-12-20-49(43)56(50)41-14-6-4-7-15-41/h4-29,32-36H,30-31H2,1-3H3. The smallest absolute Gasteiger partial charge is 0.135 e. The van der Waals surface area contributed by atoms with E-state index in [0.29, 0.717) is 5.92 Å². The van der Waals surface area contributed by atoms with Gasteiger partial charge < -0.3 is 13.6 Å². The zero-order chi connectivity index (χ0) is 39.0. The molecule has 0 radical (unpaired) electrons. The maximum absolute atomic E-state index is 6.13. The van der Waals surface area contributed by atoms with Gasteiger partial charge >= 0.3 is 0 Å². The van der Waals surface area contributed by atoms with Crippen LogP contribution in [0.3, 0.4) is 0 Å². The summed E-state index contributed by atoms with van der Waals surface area (Å²) in [4.78, 5) is 0. The molecule has 0 saturated heterocycles. The van der Waals surface area contributed by atoms with Crippen LogP contribution in [0.25, 0.3) is 88.1 Å². The lowest BCUT2D eigenvalue weighted by Crippen LogP contribution is -2.18. The first-order valence-corrected chi connectivity index (χ1v) is 20.6. The maximum Gasteiger partial charge on any atom is 0.135 e. The van der Waals surface area contributed by atoms with Crippen molar-refractivity contribution in [1.82, 2.24) is 9.13 Å². The van der Waals surface area contributed by atoms with Crippen LogP contribution in [0.15, 0.2) is 186 Å². The fourth-order valence-corrected chi connectivity index (χ4v) is 9.43. The highest BCUT2D eigenvalue weighted by atomic mass is 16.3. The van der Waals surface area contributed by atoms with Crippen molar-refractivity contribution >= 4 is 65.6 Å². The molecule has 0 spiro atoms. The van der Waals surface area contributed by atoms with Crippen molar-refractivity contribution in [3.8, 4) is 22.5 Å². The van der Waals surface area contributed by atoms with Gasteiger partial charge in [-0.05, 0) is 131 Å². The van der Waals surface area contributed by atoms with Crippen molar-refractivity contribution in [3.05, 3.63) is 193 Å². The molecule has 11 rings (SSSR count). The summed E-state index contributed by atoms with van der Waals surface area (Å²) < 4.78 is 10.9. The minimum atomic E-state index is -0.0222. The van der Waals surface area contributed by atoms with Gasteiger partial charge in [0.15, 0.2) is 0 Å². The molecular weight excluding hydrogens is 705 g/mol. The van der Waals surface area contributed by atoms with Crippen molar-refractivity contribution in [2.45, 2.75) is 44.9 Å². The Hall–Kier alpha value is -6.84. The van der Waals surface area contributed by atoms with Gasteiger partial charge in [0.2, 0.25) is 0 Å². The number of hydrogen-bond donors (Lipinski definition) is 0. The van der Waals surface area contributed by atoms with Gasteiger partial charge in [-0.25, -0.2) is 0 Å². The van der Waals surface area contributed by atoms with E-state index in [4.69, 9.17) is 4.42 Å². The molecule has 0 saturated carbocycles. The van der Waals surface area contributed by atoms with E-state index >= 15 is 0 Å². The minimum absolute atomic E-state index is 0.0222. The van der Waals surface area contributed by atoms with Crippen LogP contribution < -0.4 is 0 Å². The van der Waals surface area contributed by atoms with Crippen LogP contribution in [0.4, 0.5) is 0 Å². The second-order valence-electron chi connectivity index (χ2n) is 16.7. The molecule has 3 heterocycles. The largest absolute Gasteiger partial charge is 0.456 e. The maximum atomic E-state index is 6.13. The van der Waals surface area contributed by atoms with E-state index in [1.54, 1.807) is 0 Å². The van der Waals surface area contributed by atoms with E-state index in [1.165, 1.54) is 88.0 Å². The van der Waals surface area contributed by atoms with Gasteiger partial charge in [-0.2, -0.15) is 0 Å². The summed E-state index contributed by atoms with van der Waals surface area (Å²) in [7, 11) is 0. The van der Waals surface area contributed by atoms with E-state index in [0.717, 1.165) is 24.0 Å². The molecule has 0 aliphatic rings. The summed E-state index contributed by atoms with van der Waals surface area (Å²) in [6.45, 7) is 7.20. The average Bonchev–Trinajstić information content (AvgIpc) is 3.93. The molecule has 0 fully saturated rings. The van der Waals surface area contributed by atoms with Crippen LogP contribution in [0, 0.1) is 0 Å². The molecule has 58 heavy (non-hydrogen) atoms. The lowest BCUT2D eigenvalue weighted by Gasteiger charge is -2.27. The van der Waals surface area contributed by atoms with E-state index in [-0.39, 0.29) is 5.41 Å². The van der Waals surface area contributed by atoms with Crippen LogP contribution in [-0.2, 0) is 5.41 Å². The molecule has 0 bridgehead atoms. The third kappa shape index (κ3) is 5.56. The Morgan fingerprint density at radius 1 is 0.448 bits per heavy atom. The molecule has 8 aromatic carbocycles. The predicted octanol–water partition coefficient (Wildman–Crippen LogP) is 15.3. The minimum Gasteiger partial charge on any atom is -0.456 e. The average molecular weight is 749 g/mol. The number of benzene rings is 8. The second-order valence-corrected chi connectivity index (χ2v) is 16.7. The van der Waals surface area contributed by atoms with Gasteiger partial charge in [-0.1, -0.05) is 118 Å². The Labute approximate surface area is 338 Å². The number of nitrogens with zero attached hydrogens (tertiary/aromatic N) is 2. The van der Waals surface area contributed by atoms with E-state index < -0.39 is 0 Å². The zero-order valence-electron chi connectivity index (χ0n) is 33.1. The first-order chi connectivity index (χ1) is 28.4. The molecular formula is C55H44N2O. The number of para-hydroxylation sites is 4. The van der Waals surface area contributed by atoms with Gasteiger partial charge in [0.1, 0.15) is 11.2 Å². The fourth-order valence-electron chi connectivity index (χ4n) is 9.43. The van der Waals surface area contributed by atoms with Gasteiger partial charge in [0, 0.05) is 43.7 Å². The Balaban J connectivity index is 0.984. The number of hydrogen-bond acceptors (Lipinski definition) is 1. The van der Waals surface area contributed by atoms with Crippen molar-refractivity contribution in [3.63, 3.8) is 0 Å². The van der Waals surface area contributed by atoms with E-state index in [1.807, 2.05) is 6.07 Å². The van der Waals surface area contributed by atoms with Gasteiger partial charge in [0.25, 0.3) is 0 Å². The van der Waals surface area contributed by atoms with Crippen LogP contribution in [-0.4, -0.2) is 9.13 Å². The van der Waals surface area contributed by atoms with Gasteiger partial charge in [0.05, 0.1) is 22.1 Å².